The van der Waals surface area contributed by atoms with Crippen LogP contribution in [0.2, 0.25) is 0 Å². The number of ether oxygens (including phenoxy) is 2. The van der Waals surface area contributed by atoms with Crippen LogP contribution >= 0.6 is 0 Å². The molecule has 3 heteroatoms. The third kappa shape index (κ3) is 4.51. The van der Waals surface area contributed by atoms with E-state index in [1.807, 2.05) is 12.1 Å². The van der Waals surface area contributed by atoms with E-state index in [2.05, 4.69) is 32.1 Å². The van der Waals surface area contributed by atoms with Gasteiger partial charge in [-0.15, -0.1) is 0 Å². The van der Waals surface area contributed by atoms with Crippen molar-refractivity contribution in [2.75, 3.05) is 13.7 Å². The normalized spacial score (nSPS) is 34.2. The van der Waals surface area contributed by atoms with Crippen molar-refractivity contribution in [3.63, 3.8) is 0 Å². The fourth-order valence-corrected chi connectivity index (χ4v) is 6.67. The van der Waals surface area contributed by atoms with Crippen molar-refractivity contribution in [3.8, 4) is 5.75 Å². The molecule has 0 unspecified atom stereocenters. The van der Waals surface area contributed by atoms with Gasteiger partial charge in [-0.2, -0.15) is 0 Å². The van der Waals surface area contributed by atoms with E-state index in [0.717, 1.165) is 24.2 Å². The summed E-state index contributed by atoms with van der Waals surface area (Å²) >= 11 is 0. The second-order valence-corrected chi connectivity index (χ2v) is 10.3. The van der Waals surface area contributed by atoms with Crippen LogP contribution in [0, 0.1) is 29.1 Å². The smallest absolute Gasteiger partial charge is 0.137 e. The first-order chi connectivity index (χ1) is 14.5. The van der Waals surface area contributed by atoms with Crippen LogP contribution in [-0.2, 0) is 16.1 Å². The number of Topliss-reactive ketones (excluding diaryl/α,β-unsaturated/α-hetero) is 1. The Morgan fingerprint density at radius 3 is 2.67 bits per heavy atom. The summed E-state index contributed by atoms with van der Waals surface area (Å²) < 4.78 is 11.4. The molecule has 3 nitrogen and oxygen atoms in total. The van der Waals surface area contributed by atoms with Crippen LogP contribution in [0.4, 0.5) is 0 Å². The highest BCUT2D eigenvalue weighted by Gasteiger charge is 2.55. The number of ketones is 1. The van der Waals surface area contributed by atoms with E-state index < -0.39 is 0 Å². The van der Waals surface area contributed by atoms with Crippen LogP contribution in [0.1, 0.15) is 70.8 Å². The summed E-state index contributed by atoms with van der Waals surface area (Å²) in [6, 6.07) is 8.05. The zero-order valence-corrected chi connectivity index (χ0v) is 19.0. The molecular formula is C27H38O3. The van der Waals surface area contributed by atoms with Crippen molar-refractivity contribution in [1.82, 2.24) is 0 Å². The lowest BCUT2D eigenvalue weighted by molar-refractivity contribution is -0.133. The van der Waals surface area contributed by atoms with Crippen molar-refractivity contribution < 1.29 is 14.3 Å². The van der Waals surface area contributed by atoms with Crippen molar-refractivity contribution >= 4 is 5.78 Å². The summed E-state index contributed by atoms with van der Waals surface area (Å²) in [7, 11) is 1.68. The maximum Gasteiger partial charge on any atom is 0.137 e. The summed E-state index contributed by atoms with van der Waals surface area (Å²) in [5, 5.41) is 0. The Kier molecular flexibility index (Phi) is 6.67. The van der Waals surface area contributed by atoms with Gasteiger partial charge in [0.25, 0.3) is 0 Å². The zero-order chi connectivity index (χ0) is 21.1. The van der Waals surface area contributed by atoms with E-state index >= 15 is 0 Å². The SMILES string of the molecule is COc1ccc(COC[C@@H]2[C@@H](C)C[C@@]3(C)C[C@H](C4=CCCCCC4)CC(=O)[C@@H]23)cc1. The van der Waals surface area contributed by atoms with Crippen molar-refractivity contribution in [1.29, 1.82) is 0 Å². The van der Waals surface area contributed by atoms with Crippen LogP contribution in [0.3, 0.4) is 0 Å². The molecule has 0 spiro atoms. The summed E-state index contributed by atoms with van der Waals surface area (Å²) in [4.78, 5) is 13.4. The highest BCUT2D eigenvalue weighted by atomic mass is 16.5. The van der Waals surface area contributed by atoms with Gasteiger partial charge in [-0.25, -0.2) is 0 Å². The summed E-state index contributed by atoms with van der Waals surface area (Å²) in [5.74, 6) is 2.92. The molecule has 1 aromatic carbocycles. The first-order valence-corrected chi connectivity index (χ1v) is 11.9. The largest absolute Gasteiger partial charge is 0.497 e. The number of hydrogen-bond donors (Lipinski definition) is 0. The molecule has 0 bridgehead atoms. The van der Waals surface area contributed by atoms with Gasteiger partial charge in [0.15, 0.2) is 0 Å². The van der Waals surface area contributed by atoms with Gasteiger partial charge in [-0.3, -0.25) is 4.79 Å². The Hall–Kier alpha value is -1.61. The van der Waals surface area contributed by atoms with Crippen LogP contribution in [0.5, 0.6) is 5.75 Å². The van der Waals surface area contributed by atoms with Crippen molar-refractivity contribution in [2.24, 2.45) is 29.1 Å². The fourth-order valence-electron chi connectivity index (χ4n) is 6.67. The maximum absolute atomic E-state index is 13.4. The second kappa shape index (κ2) is 9.26. The first kappa shape index (κ1) is 21.6. The molecule has 4 rings (SSSR count). The highest BCUT2D eigenvalue weighted by Crippen LogP contribution is 2.58. The van der Waals surface area contributed by atoms with E-state index in [9.17, 15) is 4.79 Å². The lowest BCUT2D eigenvalue weighted by Gasteiger charge is -2.42. The van der Waals surface area contributed by atoms with Gasteiger partial charge in [0, 0.05) is 12.3 Å². The van der Waals surface area contributed by atoms with Gasteiger partial charge in [0.1, 0.15) is 11.5 Å². The minimum absolute atomic E-state index is 0.140. The zero-order valence-electron chi connectivity index (χ0n) is 19.0. The Morgan fingerprint density at radius 2 is 1.90 bits per heavy atom. The quantitative estimate of drug-likeness (QED) is 0.512. The second-order valence-electron chi connectivity index (χ2n) is 10.3. The van der Waals surface area contributed by atoms with Gasteiger partial charge in [-0.05, 0) is 79.4 Å². The van der Waals surface area contributed by atoms with Crippen LogP contribution in [-0.4, -0.2) is 19.5 Å². The van der Waals surface area contributed by atoms with Crippen LogP contribution in [0.25, 0.3) is 0 Å². The number of carbonyl (C=O) groups is 1. The predicted molar refractivity (Wildman–Crippen MR) is 120 cm³/mol. The van der Waals surface area contributed by atoms with E-state index in [4.69, 9.17) is 9.47 Å². The molecule has 0 saturated heterocycles. The lowest BCUT2D eigenvalue weighted by atomic mass is 9.62. The van der Waals surface area contributed by atoms with E-state index in [1.54, 1.807) is 12.7 Å². The molecule has 2 saturated carbocycles. The number of hydrogen-bond acceptors (Lipinski definition) is 3. The topological polar surface area (TPSA) is 35.5 Å². The van der Waals surface area contributed by atoms with Crippen molar-refractivity contribution in [2.45, 2.75) is 71.8 Å². The Morgan fingerprint density at radius 1 is 1.10 bits per heavy atom. The molecule has 164 valence electrons. The molecule has 3 aliphatic carbocycles. The molecule has 5 atom stereocenters. The van der Waals surface area contributed by atoms with Crippen LogP contribution in [0.15, 0.2) is 35.9 Å². The van der Waals surface area contributed by atoms with Gasteiger partial charge in [-0.1, -0.05) is 44.1 Å². The molecule has 0 N–H and O–H groups in total. The van der Waals surface area contributed by atoms with E-state index in [-0.39, 0.29) is 11.3 Å². The molecule has 0 radical (unpaired) electrons. The number of carbonyl (C=O) groups excluding carboxylic acids is 1. The molecule has 0 aromatic heterocycles. The van der Waals surface area contributed by atoms with Gasteiger partial charge < -0.3 is 9.47 Å². The van der Waals surface area contributed by atoms with Crippen molar-refractivity contribution in [3.05, 3.63) is 41.5 Å². The maximum atomic E-state index is 13.4. The fraction of sp³-hybridized carbons (Fsp3) is 0.667. The van der Waals surface area contributed by atoms with E-state index in [0.29, 0.717) is 36.8 Å². The number of methoxy groups -OCH3 is 1. The lowest BCUT2D eigenvalue weighted by Crippen LogP contribution is -2.41. The van der Waals surface area contributed by atoms with Gasteiger partial charge in [0.05, 0.1) is 20.3 Å². The summed E-state index contributed by atoms with van der Waals surface area (Å²) in [6.07, 6.45) is 11.9. The summed E-state index contributed by atoms with van der Waals surface area (Å²) in [6.45, 7) is 6.00. The molecule has 0 amide bonds. The monoisotopic (exact) mass is 410 g/mol. The number of allylic oxidation sites excluding steroid dienone is 2. The van der Waals surface area contributed by atoms with Crippen LogP contribution < -0.4 is 4.74 Å². The average Bonchev–Trinajstić information content (AvgIpc) is 2.90. The minimum Gasteiger partial charge on any atom is -0.497 e. The molecule has 3 aliphatic rings. The van der Waals surface area contributed by atoms with Gasteiger partial charge in [0.2, 0.25) is 0 Å². The standard InChI is InChI=1S/C27H38O3/c1-19-15-27(2)16-22(21-8-6-4-5-7-9-21)14-25(28)26(27)24(19)18-30-17-20-10-12-23(29-3)13-11-20/h8,10-13,19,22,24,26H,4-7,9,14-18H2,1-3H3/t19-,22+,24+,26+,27-/m0/s1. The average molecular weight is 411 g/mol. The highest BCUT2D eigenvalue weighted by molar-refractivity contribution is 5.84. The Bertz CT molecular complexity index is 765. The molecular weight excluding hydrogens is 372 g/mol. The Balaban J connectivity index is 1.39. The van der Waals surface area contributed by atoms with E-state index in [1.165, 1.54) is 38.5 Å². The summed E-state index contributed by atoms with van der Waals surface area (Å²) in [5.41, 5.74) is 2.88. The minimum atomic E-state index is 0.140. The molecule has 0 heterocycles. The molecule has 1 aromatic rings. The predicted octanol–water partition coefficient (Wildman–Crippen LogP) is 6.36. The number of rotatable bonds is 6. The van der Waals surface area contributed by atoms with Gasteiger partial charge >= 0.3 is 0 Å². The molecule has 0 aliphatic heterocycles. The third-order valence-electron chi connectivity index (χ3n) is 8.04. The first-order valence-electron chi connectivity index (χ1n) is 11.9. The Labute approximate surface area is 182 Å². The number of benzene rings is 1. The number of fused-ring (bicyclic) bond motifs is 1. The molecule has 2 fully saturated rings. The third-order valence-corrected chi connectivity index (χ3v) is 8.04. The molecule has 30 heavy (non-hydrogen) atoms.